The number of phenols is 1. The number of aliphatic hydroxyl groups excluding tert-OH is 1. The number of ether oxygens (including phenoxy) is 3. The molecule has 6 rings (SSSR count). The van der Waals surface area contributed by atoms with Gasteiger partial charge in [0.15, 0.2) is 11.2 Å². The monoisotopic (exact) mass is 758 g/mol. The Morgan fingerprint density at radius 3 is 2.29 bits per heavy atom. The first kappa shape index (κ1) is 40.5. The van der Waals surface area contributed by atoms with Crippen molar-refractivity contribution in [3.05, 3.63) is 85.3 Å². The number of fused-ring (bicyclic) bond motifs is 4. The molecule has 0 spiro atoms. The maximum atomic E-state index is 15.1. The van der Waals surface area contributed by atoms with E-state index < -0.39 is 65.4 Å². The summed E-state index contributed by atoms with van der Waals surface area (Å²) in [5, 5.41) is 23.6. The first-order chi connectivity index (χ1) is 25.8. The number of rotatable bonds is 8. The molecule has 55 heavy (non-hydrogen) atoms. The largest absolute Gasteiger partial charge is 0.507 e. The van der Waals surface area contributed by atoms with E-state index in [0.29, 0.717) is 23.3 Å². The number of ketones is 2. The van der Waals surface area contributed by atoms with Gasteiger partial charge in [0.1, 0.15) is 23.2 Å². The van der Waals surface area contributed by atoms with E-state index >= 15 is 4.79 Å². The predicted octanol–water partition coefficient (Wildman–Crippen LogP) is 5.90. The number of phenolic OH excluding ortho intramolecular Hbond substituents is 1. The minimum atomic E-state index is -0.820. The van der Waals surface area contributed by atoms with Crippen LogP contribution >= 0.6 is 0 Å². The third-order valence-corrected chi connectivity index (χ3v) is 12.1. The van der Waals surface area contributed by atoms with Crippen LogP contribution in [0.4, 0.5) is 0 Å². The van der Waals surface area contributed by atoms with E-state index in [1.165, 1.54) is 13.0 Å². The van der Waals surface area contributed by atoms with Crippen LogP contribution in [0.2, 0.25) is 0 Å². The van der Waals surface area contributed by atoms with Crippen LogP contribution in [0.5, 0.6) is 5.75 Å². The lowest BCUT2D eigenvalue weighted by Gasteiger charge is -2.50. The maximum Gasteiger partial charge on any atom is 0.303 e. The molecule has 1 aromatic heterocycles. The first-order valence-electron chi connectivity index (χ1n) is 19.0. The Bertz CT molecular complexity index is 2140. The van der Waals surface area contributed by atoms with Crippen LogP contribution < -0.4 is 5.43 Å². The molecule has 2 N–H and O–H groups in total. The number of nitrogens with zero attached hydrogens (tertiary/aromatic N) is 2. The third-order valence-electron chi connectivity index (χ3n) is 12.1. The molecule has 2 unspecified atom stereocenters. The second-order valence-corrected chi connectivity index (χ2v) is 16.3. The summed E-state index contributed by atoms with van der Waals surface area (Å²) in [4.78, 5) is 59.8. The average Bonchev–Trinajstić information content (AvgIpc) is 3.11. The van der Waals surface area contributed by atoms with Crippen LogP contribution in [0.1, 0.15) is 133 Å². The van der Waals surface area contributed by atoms with E-state index in [1.807, 2.05) is 70.9 Å². The van der Waals surface area contributed by atoms with Crippen molar-refractivity contribution >= 4 is 28.5 Å². The Morgan fingerprint density at radius 1 is 1.00 bits per heavy atom. The molecule has 9 atom stereocenters. The smallest absolute Gasteiger partial charge is 0.303 e. The van der Waals surface area contributed by atoms with Gasteiger partial charge in [0, 0.05) is 41.6 Å². The minimum absolute atomic E-state index is 0.000525. The molecule has 296 valence electrons. The molecule has 12 heteroatoms. The van der Waals surface area contributed by atoms with Crippen molar-refractivity contribution in [2.24, 2.45) is 0 Å². The number of likely N-dealkylation sites (N-methyl/N-ethyl adjacent to an activating group) is 2. The summed E-state index contributed by atoms with van der Waals surface area (Å²) < 4.78 is 25.2. The van der Waals surface area contributed by atoms with E-state index in [4.69, 9.17) is 18.6 Å². The molecule has 2 fully saturated rings. The van der Waals surface area contributed by atoms with Crippen molar-refractivity contribution < 1.29 is 43.2 Å². The standard InChI is InChI=1S/C43H54N2O10/c1-12-13-14-20(2)30-18-29(47)33-21(3)15-27-35(41(33)55-30)40(51)36-34(39(27)50)25(31-17-28(44(8)9)37(48)22(4)52-31)16-26(38(36)49)32-19-43(7,45(10)11)42(23(5)53-32)54-24(6)46/h12-13,15-16,18,20,22-23,28,31-32,37,42,48-49H,14,17,19H2,1-11H3/b13-12-/t20?,22-,23+,28-,31?,32-,37-,42-,43+/m1/s1. The molecule has 12 nitrogen and oxygen atoms in total. The van der Waals surface area contributed by atoms with Crippen LogP contribution in [0, 0.1) is 6.92 Å². The number of aryl methyl sites for hydroxylation is 1. The Kier molecular flexibility index (Phi) is 11.1. The summed E-state index contributed by atoms with van der Waals surface area (Å²) in [6, 6.07) is 4.34. The quantitative estimate of drug-likeness (QED) is 0.163. The van der Waals surface area contributed by atoms with Gasteiger partial charge >= 0.3 is 5.97 Å². The minimum Gasteiger partial charge on any atom is -0.507 e. The summed E-state index contributed by atoms with van der Waals surface area (Å²) in [5.41, 5.74) is -0.203. The number of carbonyl (C=O) groups is 3. The Balaban J connectivity index is 1.61. The van der Waals surface area contributed by atoms with Gasteiger partial charge in [0.05, 0.1) is 52.6 Å². The normalized spacial score (nSPS) is 28.9. The van der Waals surface area contributed by atoms with Gasteiger partial charge in [0.2, 0.25) is 5.78 Å². The van der Waals surface area contributed by atoms with Gasteiger partial charge in [-0.15, -0.1) is 0 Å². The number of aromatic hydroxyl groups is 1. The number of allylic oxidation sites excluding steroid dienone is 2. The maximum absolute atomic E-state index is 15.1. The molecule has 3 aliphatic rings. The molecule has 2 saturated heterocycles. The second-order valence-electron chi connectivity index (χ2n) is 16.3. The lowest BCUT2D eigenvalue weighted by atomic mass is 9.74. The van der Waals surface area contributed by atoms with Gasteiger partial charge in [-0.25, -0.2) is 0 Å². The van der Waals surface area contributed by atoms with Crippen LogP contribution in [-0.2, 0) is 19.0 Å². The van der Waals surface area contributed by atoms with Crippen LogP contribution in [0.25, 0.3) is 11.0 Å². The van der Waals surface area contributed by atoms with Crippen molar-refractivity contribution in [3.63, 3.8) is 0 Å². The lowest BCUT2D eigenvalue weighted by Crippen LogP contribution is -2.61. The first-order valence-corrected chi connectivity index (χ1v) is 19.0. The summed E-state index contributed by atoms with van der Waals surface area (Å²) in [6.07, 6.45) is 0.692. The molecular weight excluding hydrogens is 704 g/mol. The Hall–Kier alpha value is -4.20. The van der Waals surface area contributed by atoms with Crippen LogP contribution in [0.15, 0.2) is 39.6 Å². The zero-order chi connectivity index (χ0) is 40.4. The predicted molar refractivity (Wildman–Crippen MR) is 207 cm³/mol. The molecule has 1 aliphatic carbocycles. The number of aliphatic hydroxyl groups is 1. The summed E-state index contributed by atoms with van der Waals surface area (Å²) in [5.74, 6) is -1.88. The molecule has 2 aromatic carbocycles. The van der Waals surface area contributed by atoms with Gasteiger partial charge in [-0.05, 0) is 105 Å². The van der Waals surface area contributed by atoms with E-state index in [-0.39, 0.29) is 69.0 Å². The lowest BCUT2D eigenvalue weighted by molar-refractivity contribution is -0.201. The SMILES string of the molecule is C/C=C\CC(C)c1cc(=O)c2c(C)cc3c(c2o1)C(=O)c1c(O)c([C@H]2C[C@](C)(N(C)C)[C@H](OC(C)=O)[C@H](C)O2)cc(C2C[C@@H](N(C)C)[C@H](O)[C@@H](C)O2)c1C3=O. The van der Waals surface area contributed by atoms with Gasteiger partial charge in [-0.1, -0.05) is 19.1 Å². The zero-order valence-corrected chi connectivity index (χ0v) is 33.7. The number of hydrogen-bond acceptors (Lipinski definition) is 12. The van der Waals surface area contributed by atoms with E-state index in [1.54, 1.807) is 32.9 Å². The molecule has 0 amide bonds. The van der Waals surface area contributed by atoms with Crippen molar-refractivity contribution in [1.82, 2.24) is 9.80 Å². The molecular formula is C43H54N2O10. The molecule has 0 saturated carbocycles. The van der Waals surface area contributed by atoms with E-state index in [0.717, 1.165) is 0 Å². The molecule has 3 heterocycles. The topological polar surface area (TPSA) is 156 Å². The average molecular weight is 759 g/mol. The molecule has 2 aliphatic heterocycles. The zero-order valence-electron chi connectivity index (χ0n) is 33.7. The van der Waals surface area contributed by atoms with Crippen LogP contribution in [-0.4, -0.2) is 102 Å². The van der Waals surface area contributed by atoms with Crippen molar-refractivity contribution in [3.8, 4) is 5.75 Å². The van der Waals surface area contributed by atoms with E-state index in [2.05, 4.69) is 0 Å². The number of benzene rings is 2. The van der Waals surface area contributed by atoms with Crippen LogP contribution in [0.3, 0.4) is 0 Å². The molecule has 3 aromatic rings. The fourth-order valence-corrected chi connectivity index (χ4v) is 8.77. The highest BCUT2D eigenvalue weighted by atomic mass is 16.6. The van der Waals surface area contributed by atoms with Crippen molar-refractivity contribution in [2.45, 2.75) is 122 Å². The fourth-order valence-electron chi connectivity index (χ4n) is 8.77. The third kappa shape index (κ3) is 6.86. The highest BCUT2D eigenvalue weighted by Gasteiger charge is 2.51. The fraction of sp³-hybridized carbons (Fsp3) is 0.535. The summed E-state index contributed by atoms with van der Waals surface area (Å²) in [7, 11) is 7.47. The van der Waals surface area contributed by atoms with Gasteiger partial charge in [0.25, 0.3) is 0 Å². The number of carbonyl (C=O) groups excluding carboxylic acids is 3. The van der Waals surface area contributed by atoms with Crippen molar-refractivity contribution in [2.75, 3.05) is 28.2 Å². The Morgan fingerprint density at radius 2 is 1.67 bits per heavy atom. The number of hydrogen-bond donors (Lipinski definition) is 2. The number of esters is 1. The molecule has 0 radical (unpaired) electrons. The van der Waals surface area contributed by atoms with Crippen molar-refractivity contribution in [1.29, 1.82) is 0 Å². The summed E-state index contributed by atoms with van der Waals surface area (Å²) in [6.45, 7) is 12.4. The molecule has 0 bridgehead atoms. The highest BCUT2D eigenvalue weighted by Crippen LogP contribution is 2.50. The van der Waals surface area contributed by atoms with Gasteiger partial charge in [-0.2, -0.15) is 0 Å². The Labute approximate surface area is 322 Å². The highest BCUT2D eigenvalue weighted by molar-refractivity contribution is 6.33. The second kappa shape index (κ2) is 15.0. The summed E-state index contributed by atoms with van der Waals surface area (Å²) >= 11 is 0. The van der Waals surface area contributed by atoms with Gasteiger partial charge in [-0.3, -0.25) is 19.2 Å². The van der Waals surface area contributed by atoms with E-state index in [9.17, 15) is 24.6 Å². The van der Waals surface area contributed by atoms with Gasteiger partial charge < -0.3 is 38.6 Å².